The molecule has 2 saturated carbocycles. The van der Waals surface area contributed by atoms with Crippen LogP contribution >= 0.6 is 0 Å². The van der Waals surface area contributed by atoms with Gasteiger partial charge in [-0.05, 0) is 63.5 Å². The van der Waals surface area contributed by atoms with Gasteiger partial charge in [0, 0.05) is 37.9 Å². The lowest BCUT2D eigenvalue weighted by molar-refractivity contribution is -0.150. The number of carbonyl (C=O) groups excluding carboxylic acids is 1. The van der Waals surface area contributed by atoms with Gasteiger partial charge in [-0.3, -0.25) is 4.79 Å². The van der Waals surface area contributed by atoms with E-state index in [9.17, 15) is 4.79 Å². The van der Waals surface area contributed by atoms with Crippen LogP contribution < -0.4 is 0 Å². The third-order valence-corrected chi connectivity index (χ3v) is 6.71. The van der Waals surface area contributed by atoms with Crippen LogP contribution in [0.25, 0.3) is 0 Å². The van der Waals surface area contributed by atoms with Crippen molar-refractivity contribution >= 4 is 5.91 Å². The number of rotatable bonds is 7. The highest BCUT2D eigenvalue weighted by Gasteiger charge is 2.33. The van der Waals surface area contributed by atoms with Gasteiger partial charge in [-0.1, -0.05) is 0 Å². The van der Waals surface area contributed by atoms with E-state index in [-0.39, 0.29) is 18.6 Å². The average Bonchev–Trinajstić information content (AvgIpc) is 3.61. The first-order valence-electron chi connectivity index (χ1n) is 10.9. The van der Waals surface area contributed by atoms with Gasteiger partial charge in [-0.2, -0.15) is 0 Å². The molecule has 0 spiro atoms. The van der Waals surface area contributed by atoms with Gasteiger partial charge in [-0.25, -0.2) is 4.98 Å². The summed E-state index contributed by atoms with van der Waals surface area (Å²) in [5, 5.41) is 0. The fourth-order valence-corrected chi connectivity index (χ4v) is 4.69. The molecule has 2 aliphatic carbocycles. The van der Waals surface area contributed by atoms with Gasteiger partial charge >= 0.3 is 0 Å². The Morgan fingerprint density at radius 1 is 1.00 bits per heavy atom. The summed E-state index contributed by atoms with van der Waals surface area (Å²) in [6.45, 7) is 6.41. The molecule has 27 heavy (non-hydrogen) atoms. The van der Waals surface area contributed by atoms with Crippen LogP contribution in [0.1, 0.15) is 50.3 Å². The molecular formula is C21H32N4O2. The molecule has 4 aliphatic rings. The molecule has 2 saturated heterocycles. The van der Waals surface area contributed by atoms with E-state index in [2.05, 4.69) is 25.5 Å². The summed E-state index contributed by atoms with van der Waals surface area (Å²) in [6.07, 6.45) is 11.9. The molecule has 0 radical (unpaired) electrons. The van der Waals surface area contributed by atoms with Crippen molar-refractivity contribution < 1.29 is 9.53 Å². The summed E-state index contributed by atoms with van der Waals surface area (Å²) < 4.78 is 8.10. The summed E-state index contributed by atoms with van der Waals surface area (Å²) in [5.74, 6) is 3.64. The van der Waals surface area contributed by atoms with Crippen molar-refractivity contribution in [3.05, 3.63) is 18.2 Å². The molecule has 1 aromatic rings. The molecule has 0 aromatic carbocycles. The maximum absolute atomic E-state index is 12.4. The highest BCUT2D eigenvalue weighted by atomic mass is 16.5. The van der Waals surface area contributed by atoms with E-state index in [0.29, 0.717) is 11.8 Å². The number of imidazole rings is 1. The number of morpholine rings is 1. The first kappa shape index (κ1) is 17.7. The largest absolute Gasteiger partial charge is 0.365 e. The SMILES string of the molecule is O=C1COC(Cn2ccnc2C2CC2)CN1CC1CCN(CC2CC2)CC1. The maximum atomic E-state index is 12.4. The fraction of sp³-hybridized carbons (Fsp3) is 0.810. The first-order chi connectivity index (χ1) is 13.2. The van der Waals surface area contributed by atoms with Crippen LogP contribution in [0.15, 0.2) is 12.4 Å². The van der Waals surface area contributed by atoms with E-state index >= 15 is 0 Å². The van der Waals surface area contributed by atoms with Crippen LogP contribution in [0.2, 0.25) is 0 Å². The number of hydrogen-bond donors (Lipinski definition) is 0. The topological polar surface area (TPSA) is 50.6 Å². The Morgan fingerprint density at radius 2 is 1.78 bits per heavy atom. The van der Waals surface area contributed by atoms with Crippen LogP contribution in [0.5, 0.6) is 0 Å². The second-order valence-electron chi connectivity index (χ2n) is 9.13. The molecule has 1 amide bonds. The zero-order valence-electron chi connectivity index (χ0n) is 16.3. The predicted octanol–water partition coefficient (Wildman–Crippen LogP) is 2.11. The fourth-order valence-electron chi connectivity index (χ4n) is 4.69. The second-order valence-corrected chi connectivity index (χ2v) is 9.13. The van der Waals surface area contributed by atoms with Gasteiger partial charge < -0.3 is 19.1 Å². The lowest BCUT2D eigenvalue weighted by Crippen LogP contribution is -2.50. The Labute approximate surface area is 161 Å². The van der Waals surface area contributed by atoms with Crippen LogP contribution in [-0.4, -0.2) is 70.7 Å². The molecule has 6 nitrogen and oxygen atoms in total. The number of piperidine rings is 1. The highest BCUT2D eigenvalue weighted by molar-refractivity contribution is 5.78. The minimum atomic E-state index is 0.0874. The summed E-state index contributed by atoms with van der Waals surface area (Å²) in [6, 6.07) is 0. The lowest BCUT2D eigenvalue weighted by atomic mass is 9.95. The minimum absolute atomic E-state index is 0.0874. The predicted molar refractivity (Wildman–Crippen MR) is 102 cm³/mol. The van der Waals surface area contributed by atoms with E-state index in [4.69, 9.17) is 4.74 Å². The third-order valence-electron chi connectivity index (χ3n) is 6.71. The molecule has 3 heterocycles. The summed E-state index contributed by atoms with van der Waals surface area (Å²) in [7, 11) is 0. The van der Waals surface area contributed by atoms with E-state index in [1.165, 1.54) is 64.0 Å². The van der Waals surface area contributed by atoms with E-state index in [1.807, 2.05) is 6.20 Å². The highest BCUT2D eigenvalue weighted by Crippen LogP contribution is 2.39. The zero-order valence-corrected chi connectivity index (χ0v) is 16.3. The summed E-state index contributed by atoms with van der Waals surface area (Å²) >= 11 is 0. The normalized spacial score (nSPS) is 28.1. The van der Waals surface area contributed by atoms with Gasteiger partial charge in [0.25, 0.3) is 0 Å². The molecule has 148 valence electrons. The van der Waals surface area contributed by atoms with Crippen LogP contribution in [0.3, 0.4) is 0 Å². The molecular weight excluding hydrogens is 340 g/mol. The van der Waals surface area contributed by atoms with E-state index in [0.717, 1.165) is 25.6 Å². The van der Waals surface area contributed by atoms with E-state index in [1.54, 1.807) is 0 Å². The Kier molecular flexibility index (Phi) is 4.94. The number of ether oxygens (including phenoxy) is 1. The second kappa shape index (κ2) is 7.55. The average molecular weight is 373 g/mol. The number of nitrogens with zero attached hydrogens (tertiary/aromatic N) is 4. The van der Waals surface area contributed by atoms with Gasteiger partial charge in [0.2, 0.25) is 5.91 Å². The molecule has 0 bridgehead atoms. The monoisotopic (exact) mass is 372 g/mol. The molecule has 2 aliphatic heterocycles. The molecule has 1 aromatic heterocycles. The lowest BCUT2D eigenvalue weighted by Gasteiger charge is -2.38. The van der Waals surface area contributed by atoms with Crippen LogP contribution in [-0.2, 0) is 16.1 Å². The number of aromatic nitrogens is 2. The molecule has 6 heteroatoms. The van der Waals surface area contributed by atoms with Crippen molar-refractivity contribution in [1.29, 1.82) is 0 Å². The van der Waals surface area contributed by atoms with E-state index < -0.39 is 0 Å². The molecule has 1 atom stereocenters. The van der Waals surface area contributed by atoms with Crippen molar-refractivity contribution in [3.8, 4) is 0 Å². The molecule has 4 fully saturated rings. The van der Waals surface area contributed by atoms with Crippen molar-refractivity contribution in [1.82, 2.24) is 19.4 Å². The standard InChI is InChI=1S/C21H32N4O2/c26-20-15-27-19(13-24-10-7-22-21(24)18-3-4-18)14-25(20)12-17-5-8-23(9-6-17)11-16-1-2-16/h7,10,16-19H,1-6,8-9,11-15H2. The minimum Gasteiger partial charge on any atom is -0.365 e. The number of amides is 1. The Balaban J connectivity index is 1.12. The smallest absolute Gasteiger partial charge is 0.248 e. The molecule has 5 rings (SSSR count). The molecule has 1 unspecified atom stereocenters. The van der Waals surface area contributed by atoms with Crippen molar-refractivity contribution in [2.24, 2.45) is 11.8 Å². The zero-order chi connectivity index (χ0) is 18.2. The Morgan fingerprint density at radius 3 is 2.52 bits per heavy atom. The van der Waals surface area contributed by atoms with Gasteiger partial charge in [0.1, 0.15) is 12.4 Å². The van der Waals surface area contributed by atoms with Crippen molar-refractivity contribution in [2.75, 3.05) is 39.3 Å². The Hall–Kier alpha value is -1.40. The van der Waals surface area contributed by atoms with Gasteiger partial charge in [0.05, 0.1) is 12.6 Å². The van der Waals surface area contributed by atoms with Crippen LogP contribution in [0, 0.1) is 11.8 Å². The van der Waals surface area contributed by atoms with Crippen molar-refractivity contribution in [3.63, 3.8) is 0 Å². The third kappa shape index (κ3) is 4.37. The van der Waals surface area contributed by atoms with Crippen molar-refractivity contribution in [2.45, 2.75) is 57.1 Å². The number of carbonyl (C=O) groups is 1. The Bertz CT molecular complexity index is 659. The molecule has 0 N–H and O–H groups in total. The number of hydrogen-bond acceptors (Lipinski definition) is 4. The quantitative estimate of drug-likeness (QED) is 0.736. The van der Waals surface area contributed by atoms with Crippen LogP contribution in [0.4, 0.5) is 0 Å². The van der Waals surface area contributed by atoms with Gasteiger partial charge in [-0.15, -0.1) is 0 Å². The summed E-state index contributed by atoms with van der Waals surface area (Å²) in [4.78, 5) is 21.6. The maximum Gasteiger partial charge on any atom is 0.248 e. The first-order valence-corrected chi connectivity index (χ1v) is 10.9. The number of likely N-dealkylation sites (tertiary alicyclic amines) is 1. The summed E-state index contributed by atoms with van der Waals surface area (Å²) in [5.41, 5.74) is 0. The van der Waals surface area contributed by atoms with Gasteiger partial charge in [0.15, 0.2) is 0 Å².